The van der Waals surface area contributed by atoms with Crippen molar-refractivity contribution in [1.82, 2.24) is 34.7 Å². The molecule has 4 heterocycles. The van der Waals surface area contributed by atoms with Gasteiger partial charge in [0.25, 0.3) is 11.5 Å². The van der Waals surface area contributed by atoms with E-state index in [1.54, 1.807) is 26.4 Å². The Balaban J connectivity index is 1.43. The highest BCUT2D eigenvalue weighted by Gasteiger charge is 2.36. The van der Waals surface area contributed by atoms with Gasteiger partial charge in [0.2, 0.25) is 5.91 Å². The van der Waals surface area contributed by atoms with Gasteiger partial charge < -0.3 is 19.5 Å². The SMILES string of the molecule is COc1cc(C)c(CN2C[C@@H]3CC(=O)NCCN(C)C(=O)c4cccn(c4=O)Cc4cn(nn4)[C@@H]3C2)cc1C(C)C. The molecule has 1 N–H and O–H groups in total. The molecule has 1 fully saturated rings. The van der Waals surface area contributed by atoms with Crippen LogP contribution >= 0.6 is 0 Å². The molecular weight excluding hydrogens is 522 g/mol. The van der Waals surface area contributed by atoms with Crippen LogP contribution in [0.15, 0.2) is 41.5 Å². The number of aromatic nitrogens is 4. The van der Waals surface area contributed by atoms with Gasteiger partial charge in [0.15, 0.2) is 0 Å². The summed E-state index contributed by atoms with van der Waals surface area (Å²) in [6, 6.07) is 7.52. The van der Waals surface area contributed by atoms with E-state index >= 15 is 0 Å². The molecule has 1 aromatic carbocycles. The average Bonchev–Trinajstić information content (AvgIpc) is 3.56. The van der Waals surface area contributed by atoms with Crippen molar-refractivity contribution in [3.63, 3.8) is 0 Å². The van der Waals surface area contributed by atoms with Crippen molar-refractivity contribution >= 4 is 11.8 Å². The normalized spacial score (nSPS) is 20.3. The molecule has 218 valence electrons. The lowest BCUT2D eigenvalue weighted by atomic mass is 9.96. The van der Waals surface area contributed by atoms with Crippen LogP contribution in [0, 0.1) is 12.8 Å². The van der Waals surface area contributed by atoms with Crippen LogP contribution < -0.4 is 15.6 Å². The molecule has 4 bridgehead atoms. The lowest BCUT2D eigenvalue weighted by Crippen LogP contribution is -2.39. The standard InChI is InChI=1S/C30H39N7O4/c1-19(2)25-12-21(20(3)11-27(25)41-5)14-35-15-22-13-28(38)31-8-10-34(4)29(39)24-7-6-9-36(30(24)40)16-23-17-37(33-32-23)26(22)18-35/h6-7,9,11-12,17,19,22,26H,8,10,13-16,18H2,1-5H3,(H,31,38)/t22-,26+/m0/s1. The molecule has 0 unspecified atom stereocenters. The second-order valence-electron chi connectivity index (χ2n) is 11.5. The minimum atomic E-state index is -0.379. The molecule has 41 heavy (non-hydrogen) atoms. The van der Waals surface area contributed by atoms with E-state index in [9.17, 15) is 14.4 Å². The summed E-state index contributed by atoms with van der Waals surface area (Å²) >= 11 is 0. The summed E-state index contributed by atoms with van der Waals surface area (Å²) in [4.78, 5) is 42.9. The number of benzene rings is 1. The Labute approximate surface area is 240 Å². The first kappa shape index (κ1) is 28.5. The molecule has 2 aliphatic heterocycles. The van der Waals surface area contributed by atoms with Crippen molar-refractivity contribution in [1.29, 1.82) is 0 Å². The third-order valence-corrected chi connectivity index (χ3v) is 8.23. The van der Waals surface area contributed by atoms with Crippen LogP contribution in [0.3, 0.4) is 0 Å². The minimum Gasteiger partial charge on any atom is -0.496 e. The highest BCUT2D eigenvalue weighted by molar-refractivity contribution is 5.93. The number of nitrogens with one attached hydrogen (secondary N) is 1. The Bertz CT molecular complexity index is 1490. The number of aryl methyl sites for hydroxylation is 1. The number of likely N-dealkylation sites (N-methyl/N-ethyl adjacent to an activating group) is 1. The van der Waals surface area contributed by atoms with Crippen LogP contribution in [-0.2, 0) is 17.9 Å². The first-order valence-electron chi connectivity index (χ1n) is 14.2. The number of nitrogens with zero attached hydrogens (tertiary/aromatic N) is 6. The molecule has 5 rings (SSSR count). The van der Waals surface area contributed by atoms with E-state index in [-0.39, 0.29) is 41.4 Å². The van der Waals surface area contributed by atoms with E-state index in [4.69, 9.17) is 4.74 Å². The predicted octanol–water partition coefficient (Wildman–Crippen LogP) is 2.19. The summed E-state index contributed by atoms with van der Waals surface area (Å²) in [6.07, 6.45) is 3.85. The van der Waals surface area contributed by atoms with Crippen LogP contribution in [0.5, 0.6) is 5.75 Å². The fourth-order valence-electron chi connectivity index (χ4n) is 5.88. The number of ether oxygens (including phenoxy) is 1. The number of rotatable bonds is 4. The molecule has 2 aromatic heterocycles. The molecule has 1 saturated heterocycles. The molecule has 2 amide bonds. The molecule has 0 radical (unpaired) electrons. The first-order chi connectivity index (χ1) is 19.6. The Morgan fingerprint density at radius 2 is 1.98 bits per heavy atom. The molecule has 0 spiro atoms. The zero-order valence-electron chi connectivity index (χ0n) is 24.5. The number of carbonyl (C=O) groups excluding carboxylic acids is 2. The van der Waals surface area contributed by atoms with Gasteiger partial charge in [-0.15, -0.1) is 5.10 Å². The lowest BCUT2D eigenvalue weighted by Gasteiger charge is -2.20. The van der Waals surface area contributed by atoms with Crippen LogP contribution in [0.1, 0.15) is 65.0 Å². The number of pyridine rings is 1. The van der Waals surface area contributed by atoms with E-state index < -0.39 is 0 Å². The maximum Gasteiger partial charge on any atom is 0.263 e. The van der Waals surface area contributed by atoms with Gasteiger partial charge in [-0.05, 0) is 47.7 Å². The molecule has 3 aromatic rings. The smallest absolute Gasteiger partial charge is 0.263 e. The van der Waals surface area contributed by atoms with Crippen molar-refractivity contribution < 1.29 is 14.3 Å². The van der Waals surface area contributed by atoms with Gasteiger partial charge in [-0.25, -0.2) is 4.68 Å². The van der Waals surface area contributed by atoms with Gasteiger partial charge >= 0.3 is 0 Å². The predicted molar refractivity (Wildman–Crippen MR) is 154 cm³/mol. The average molecular weight is 562 g/mol. The van der Waals surface area contributed by atoms with Crippen LogP contribution in [-0.4, -0.2) is 81.5 Å². The van der Waals surface area contributed by atoms with E-state index in [0.717, 1.165) is 25.4 Å². The van der Waals surface area contributed by atoms with E-state index in [1.807, 2.05) is 10.9 Å². The number of amides is 2. The molecule has 0 saturated carbocycles. The van der Waals surface area contributed by atoms with Crippen molar-refractivity contribution in [3.8, 4) is 5.75 Å². The molecule has 2 aliphatic rings. The topological polar surface area (TPSA) is 115 Å². The summed E-state index contributed by atoms with van der Waals surface area (Å²) in [6.45, 7) is 9.45. The number of likely N-dealkylation sites (tertiary alicyclic amines) is 1. The first-order valence-corrected chi connectivity index (χ1v) is 14.2. The highest BCUT2D eigenvalue weighted by atomic mass is 16.5. The quantitative estimate of drug-likeness (QED) is 0.519. The van der Waals surface area contributed by atoms with Gasteiger partial charge in [0, 0.05) is 58.3 Å². The Morgan fingerprint density at radius 1 is 1.17 bits per heavy atom. The van der Waals surface area contributed by atoms with Crippen molar-refractivity contribution in [2.75, 3.05) is 40.3 Å². The second-order valence-corrected chi connectivity index (χ2v) is 11.5. The van der Waals surface area contributed by atoms with Crippen LogP contribution in [0.4, 0.5) is 0 Å². The Morgan fingerprint density at radius 3 is 2.73 bits per heavy atom. The van der Waals surface area contributed by atoms with Crippen molar-refractivity contribution in [2.45, 2.75) is 52.2 Å². The zero-order chi connectivity index (χ0) is 29.3. The van der Waals surface area contributed by atoms with E-state index in [0.29, 0.717) is 31.1 Å². The number of methoxy groups -OCH3 is 1. The number of hydrogen-bond donors (Lipinski definition) is 1. The van der Waals surface area contributed by atoms with Gasteiger partial charge in [0.1, 0.15) is 17.0 Å². The van der Waals surface area contributed by atoms with Gasteiger partial charge in [0.05, 0.1) is 25.9 Å². The fourth-order valence-corrected chi connectivity index (χ4v) is 5.88. The van der Waals surface area contributed by atoms with Crippen LogP contribution in [0.25, 0.3) is 0 Å². The maximum absolute atomic E-state index is 13.1. The zero-order valence-corrected chi connectivity index (χ0v) is 24.5. The van der Waals surface area contributed by atoms with E-state index in [1.165, 1.54) is 32.2 Å². The largest absolute Gasteiger partial charge is 0.496 e. The minimum absolute atomic E-state index is 0.0194. The molecular formula is C30H39N7O4. The van der Waals surface area contributed by atoms with Gasteiger partial charge in [-0.3, -0.25) is 19.3 Å². The summed E-state index contributed by atoms with van der Waals surface area (Å²) in [7, 11) is 3.34. The second kappa shape index (κ2) is 11.9. The van der Waals surface area contributed by atoms with Gasteiger partial charge in [-0.1, -0.05) is 25.1 Å². The van der Waals surface area contributed by atoms with Gasteiger partial charge in [-0.2, -0.15) is 0 Å². The van der Waals surface area contributed by atoms with Crippen LogP contribution in [0.2, 0.25) is 0 Å². The maximum atomic E-state index is 13.1. The molecule has 0 aliphatic carbocycles. The number of carbonyl (C=O) groups is 2. The van der Waals surface area contributed by atoms with E-state index in [2.05, 4.69) is 53.4 Å². The highest BCUT2D eigenvalue weighted by Crippen LogP contribution is 2.34. The third-order valence-electron chi connectivity index (χ3n) is 8.23. The molecule has 2 atom stereocenters. The van der Waals surface area contributed by atoms with Crippen molar-refractivity contribution in [3.05, 3.63) is 75.0 Å². The van der Waals surface area contributed by atoms with Crippen molar-refractivity contribution in [2.24, 2.45) is 5.92 Å². The molecule has 11 heteroatoms. The number of hydrogen-bond acceptors (Lipinski definition) is 7. The monoisotopic (exact) mass is 561 g/mol. The molecule has 11 nitrogen and oxygen atoms in total. The summed E-state index contributed by atoms with van der Waals surface area (Å²) in [5, 5.41) is 11.7. The number of fused-ring (bicyclic) bond motifs is 6. The third kappa shape index (κ3) is 6.04. The summed E-state index contributed by atoms with van der Waals surface area (Å²) in [5.74, 6) is 0.812. The Hall–Kier alpha value is -3.99. The Kier molecular flexibility index (Phi) is 8.25. The summed E-state index contributed by atoms with van der Waals surface area (Å²) in [5.41, 5.74) is 3.91. The lowest BCUT2D eigenvalue weighted by molar-refractivity contribution is -0.122. The fraction of sp³-hybridized carbons (Fsp3) is 0.500. The summed E-state index contributed by atoms with van der Waals surface area (Å²) < 4.78 is 8.96.